The lowest BCUT2D eigenvalue weighted by Crippen LogP contribution is -1.95. The van der Waals surface area contributed by atoms with Gasteiger partial charge in [-0.15, -0.1) is 0 Å². The fourth-order valence-corrected chi connectivity index (χ4v) is 7.64. The van der Waals surface area contributed by atoms with E-state index in [-0.39, 0.29) is 0 Å². The molecule has 0 N–H and O–H groups in total. The molecule has 0 aliphatic heterocycles. The van der Waals surface area contributed by atoms with Crippen LogP contribution in [0.4, 0.5) is 0 Å². The summed E-state index contributed by atoms with van der Waals surface area (Å²) < 4.78 is 4.90. The van der Waals surface area contributed by atoms with Crippen molar-refractivity contribution >= 4 is 65.2 Å². The van der Waals surface area contributed by atoms with Gasteiger partial charge < -0.3 is 9.13 Å². The van der Waals surface area contributed by atoms with Gasteiger partial charge in [0.15, 0.2) is 0 Å². The van der Waals surface area contributed by atoms with Gasteiger partial charge in [0.25, 0.3) is 0 Å². The maximum atomic E-state index is 2.47. The Bertz CT molecular complexity index is 2790. The first kappa shape index (κ1) is 25.2. The van der Waals surface area contributed by atoms with Crippen LogP contribution >= 0.6 is 0 Å². The monoisotopic (exact) mass is 584 g/mol. The van der Waals surface area contributed by atoms with Gasteiger partial charge in [-0.2, -0.15) is 0 Å². The predicted molar refractivity (Wildman–Crippen MR) is 196 cm³/mol. The number of benzene rings is 8. The van der Waals surface area contributed by atoms with Crippen LogP contribution in [0.25, 0.3) is 87.7 Å². The Labute approximate surface area is 266 Å². The molecule has 0 radical (unpaired) electrons. The molecule has 214 valence electrons. The highest BCUT2D eigenvalue weighted by atomic mass is 15.0. The normalized spacial score (nSPS) is 11.9. The highest BCUT2D eigenvalue weighted by Crippen LogP contribution is 2.42. The summed E-state index contributed by atoms with van der Waals surface area (Å²) in [6.07, 6.45) is 0. The molecule has 10 aromatic rings. The molecule has 2 heteroatoms. The quantitative estimate of drug-likeness (QED) is 0.195. The zero-order chi connectivity index (χ0) is 30.2. The molecule has 0 aliphatic rings. The summed E-state index contributed by atoms with van der Waals surface area (Å²) >= 11 is 0. The van der Waals surface area contributed by atoms with E-state index < -0.39 is 0 Å². The van der Waals surface area contributed by atoms with E-state index in [2.05, 4.69) is 179 Å². The molecule has 2 nitrogen and oxygen atoms in total. The number of nitrogens with zero attached hydrogens (tertiary/aromatic N) is 2. The molecule has 0 bridgehead atoms. The molecular formula is C44H28N2. The zero-order valence-corrected chi connectivity index (χ0v) is 25.1. The van der Waals surface area contributed by atoms with E-state index in [1.807, 2.05) is 0 Å². The summed E-state index contributed by atoms with van der Waals surface area (Å²) in [5.41, 5.74) is 9.69. The van der Waals surface area contributed by atoms with E-state index in [1.165, 1.54) is 82.0 Å². The maximum Gasteiger partial charge on any atom is 0.0641 e. The molecule has 0 amide bonds. The third-order valence-electron chi connectivity index (χ3n) is 9.69. The fourth-order valence-electron chi connectivity index (χ4n) is 7.64. The fraction of sp³-hybridized carbons (Fsp3) is 0. The van der Waals surface area contributed by atoms with Crippen LogP contribution in [0.3, 0.4) is 0 Å². The summed E-state index contributed by atoms with van der Waals surface area (Å²) in [6, 6.07) is 62.0. The van der Waals surface area contributed by atoms with Crippen molar-refractivity contribution in [3.05, 3.63) is 170 Å². The minimum absolute atomic E-state index is 1.16. The molecule has 46 heavy (non-hydrogen) atoms. The zero-order valence-electron chi connectivity index (χ0n) is 25.1. The standard InChI is InChI=1S/C44H28N2/c1-2-12-32-28-34(25-20-29(32)10-1)45-41-19-8-6-16-39(41)43-42(45)27-26-38-37-15-5-7-18-40(37)46(44(38)43)33-23-21-31(22-24-33)36-17-9-13-30-11-3-4-14-35(30)36/h1-28H. The maximum absolute atomic E-state index is 2.47. The smallest absolute Gasteiger partial charge is 0.0641 e. The van der Waals surface area contributed by atoms with Crippen molar-refractivity contribution in [3.63, 3.8) is 0 Å². The van der Waals surface area contributed by atoms with Crippen LogP contribution in [0.15, 0.2) is 170 Å². The van der Waals surface area contributed by atoms with E-state index in [0.29, 0.717) is 0 Å². The third kappa shape index (κ3) is 3.59. The Hall–Kier alpha value is -6.12. The van der Waals surface area contributed by atoms with Gasteiger partial charge in [-0.3, -0.25) is 0 Å². The molecule has 10 rings (SSSR count). The van der Waals surface area contributed by atoms with Gasteiger partial charge in [0.2, 0.25) is 0 Å². The number of fused-ring (bicyclic) bond motifs is 9. The van der Waals surface area contributed by atoms with Crippen molar-refractivity contribution in [1.29, 1.82) is 0 Å². The molecule has 0 saturated heterocycles. The molecule has 2 aromatic heterocycles. The van der Waals surface area contributed by atoms with Gasteiger partial charge in [-0.1, -0.05) is 127 Å². The van der Waals surface area contributed by atoms with Crippen LogP contribution in [0, 0.1) is 0 Å². The minimum atomic E-state index is 1.16. The second-order valence-corrected chi connectivity index (χ2v) is 12.2. The van der Waals surface area contributed by atoms with Crippen molar-refractivity contribution in [1.82, 2.24) is 9.13 Å². The highest BCUT2D eigenvalue weighted by molar-refractivity contribution is 6.26. The molecule has 0 unspecified atom stereocenters. The summed E-state index contributed by atoms with van der Waals surface area (Å²) in [7, 11) is 0. The predicted octanol–water partition coefficient (Wildman–Crippen LogP) is 11.9. The van der Waals surface area contributed by atoms with E-state index in [1.54, 1.807) is 0 Å². The Balaban J connectivity index is 1.27. The van der Waals surface area contributed by atoms with E-state index in [4.69, 9.17) is 0 Å². The Morgan fingerprint density at radius 3 is 1.78 bits per heavy atom. The molecule has 0 aliphatic carbocycles. The van der Waals surface area contributed by atoms with Gasteiger partial charge >= 0.3 is 0 Å². The molecule has 0 spiro atoms. The molecule has 0 atom stereocenters. The van der Waals surface area contributed by atoms with Gasteiger partial charge in [-0.05, 0) is 75.1 Å². The lowest BCUT2D eigenvalue weighted by molar-refractivity contribution is 1.18. The first-order chi connectivity index (χ1) is 22.8. The largest absolute Gasteiger partial charge is 0.309 e. The molecule has 8 aromatic carbocycles. The number of hydrogen-bond acceptors (Lipinski definition) is 0. The molecular weight excluding hydrogens is 556 g/mol. The van der Waals surface area contributed by atoms with Crippen LogP contribution in [0.2, 0.25) is 0 Å². The Morgan fingerprint density at radius 1 is 0.326 bits per heavy atom. The number of aromatic nitrogens is 2. The van der Waals surface area contributed by atoms with Crippen molar-refractivity contribution < 1.29 is 0 Å². The van der Waals surface area contributed by atoms with Crippen LogP contribution in [-0.4, -0.2) is 9.13 Å². The average molecular weight is 585 g/mol. The second-order valence-electron chi connectivity index (χ2n) is 12.2. The first-order valence-electron chi connectivity index (χ1n) is 15.9. The van der Waals surface area contributed by atoms with E-state index >= 15 is 0 Å². The summed E-state index contributed by atoms with van der Waals surface area (Å²) in [6.45, 7) is 0. The first-order valence-corrected chi connectivity index (χ1v) is 15.9. The topological polar surface area (TPSA) is 9.86 Å². The number of hydrogen-bond donors (Lipinski definition) is 0. The number of para-hydroxylation sites is 2. The summed E-state index contributed by atoms with van der Waals surface area (Å²) in [5.74, 6) is 0. The lowest BCUT2D eigenvalue weighted by atomic mass is 9.98. The molecule has 0 fully saturated rings. The summed E-state index contributed by atoms with van der Waals surface area (Å²) in [4.78, 5) is 0. The molecule has 2 heterocycles. The van der Waals surface area contributed by atoms with Crippen molar-refractivity contribution in [2.24, 2.45) is 0 Å². The second kappa shape index (κ2) is 9.69. The lowest BCUT2D eigenvalue weighted by Gasteiger charge is -2.12. The third-order valence-corrected chi connectivity index (χ3v) is 9.69. The Morgan fingerprint density at radius 2 is 0.957 bits per heavy atom. The summed E-state index contributed by atoms with van der Waals surface area (Å²) in [5, 5.41) is 10.1. The van der Waals surface area contributed by atoms with E-state index in [9.17, 15) is 0 Å². The average Bonchev–Trinajstić information content (AvgIpc) is 3.64. The minimum Gasteiger partial charge on any atom is -0.309 e. The Kier molecular flexibility index (Phi) is 5.31. The molecule has 0 saturated carbocycles. The highest BCUT2D eigenvalue weighted by Gasteiger charge is 2.20. The van der Waals surface area contributed by atoms with Gasteiger partial charge in [0.1, 0.15) is 0 Å². The van der Waals surface area contributed by atoms with Gasteiger partial charge in [-0.25, -0.2) is 0 Å². The van der Waals surface area contributed by atoms with Crippen molar-refractivity contribution in [3.8, 4) is 22.5 Å². The van der Waals surface area contributed by atoms with Crippen molar-refractivity contribution in [2.45, 2.75) is 0 Å². The SMILES string of the molecule is c1ccc2cc(-n3c4ccccc4c4c3ccc3c5ccccc5n(-c5ccc(-c6cccc7ccccc67)cc5)c34)ccc2c1. The van der Waals surface area contributed by atoms with Crippen LogP contribution < -0.4 is 0 Å². The van der Waals surface area contributed by atoms with Crippen LogP contribution in [0.1, 0.15) is 0 Å². The van der Waals surface area contributed by atoms with Crippen molar-refractivity contribution in [2.75, 3.05) is 0 Å². The van der Waals surface area contributed by atoms with Gasteiger partial charge in [0, 0.05) is 32.9 Å². The van der Waals surface area contributed by atoms with Crippen LogP contribution in [-0.2, 0) is 0 Å². The number of rotatable bonds is 3. The van der Waals surface area contributed by atoms with E-state index in [0.717, 1.165) is 5.69 Å². The van der Waals surface area contributed by atoms with Crippen LogP contribution in [0.5, 0.6) is 0 Å². The van der Waals surface area contributed by atoms with Gasteiger partial charge in [0.05, 0.1) is 22.1 Å².